The maximum atomic E-state index is 13.7. The third kappa shape index (κ3) is 5.65. The minimum Gasteiger partial charge on any atom is -0.480 e. The van der Waals surface area contributed by atoms with E-state index in [1.54, 1.807) is 30.9 Å². The van der Waals surface area contributed by atoms with Crippen molar-refractivity contribution in [1.82, 2.24) is 9.21 Å². The molecule has 1 N–H and O–H groups in total. The van der Waals surface area contributed by atoms with E-state index in [-0.39, 0.29) is 35.3 Å². The minimum absolute atomic E-state index is 0.143. The van der Waals surface area contributed by atoms with Crippen LogP contribution in [0, 0.1) is 16.0 Å². The number of hydrogen-bond donors (Lipinski definition) is 1. The van der Waals surface area contributed by atoms with Crippen molar-refractivity contribution in [3.63, 3.8) is 0 Å². The van der Waals surface area contributed by atoms with E-state index < -0.39 is 38.9 Å². The predicted octanol–water partition coefficient (Wildman–Crippen LogP) is 4.31. The fourth-order valence-corrected chi connectivity index (χ4v) is 7.52. The number of nitro benzene ring substituents is 1. The second-order valence-corrected chi connectivity index (χ2v) is 12.3. The van der Waals surface area contributed by atoms with Crippen LogP contribution in [-0.2, 0) is 19.6 Å². The van der Waals surface area contributed by atoms with Gasteiger partial charge in [0.1, 0.15) is 11.7 Å². The molecule has 40 heavy (non-hydrogen) atoms. The summed E-state index contributed by atoms with van der Waals surface area (Å²) in [5.74, 6) is -1.78. The summed E-state index contributed by atoms with van der Waals surface area (Å²) >= 11 is 6.40. The van der Waals surface area contributed by atoms with E-state index in [0.717, 1.165) is 6.07 Å². The number of hydrogen-bond acceptors (Lipinski definition) is 7. The van der Waals surface area contributed by atoms with Gasteiger partial charge in [0.15, 0.2) is 0 Å². The van der Waals surface area contributed by atoms with Crippen LogP contribution in [0.3, 0.4) is 0 Å². The van der Waals surface area contributed by atoms with Crippen LogP contribution >= 0.6 is 11.6 Å². The Balaban J connectivity index is 1.54. The number of carboxylic acids is 1. The van der Waals surface area contributed by atoms with Crippen LogP contribution in [0.15, 0.2) is 47.4 Å². The van der Waals surface area contributed by atoms with Gasteiger partial charge in [-0.05, 0) is 49.4 Å². The molecule has 2 aromatic carbocycles. The Labute approximate surface area is 238 Å². The van der Waals surface area contributed by atoms with Crippen LogP contribution in [0.4, 0.5) is 11.4 Å². The first kappa shape index (κ1) is 29.8. The number of carbonyl (C=O) groups is 2. The van der Waals surface area contributed by atoms with Gasteiger partial charge in [0.25, 0.3) is 5.69 Å². The minimum atomic E-state index is -3.87. The number of likely N-dealkylation sites (tertiary alicyclic amines) is 1. The van der Waals surface area contributed by atoms with E-state index in [9.17, 15) is 33.2 Å². The monoisotopic (exact) mass is 592 g/mol. The van der Waals surface area contributed by atoms with E-state index in [1.165, 1.54) is 21.3 Å². The second kappa shape index (κ2) is 12.1. The molecule has 216 valence electrons. The van der Waals surface area contributed by atoms with Crippen molar-refractivity contribution >= 4 is 44.9 Å². The molecule has 0 aliphatic carbocycles. The summed E-state index contributed by atoms with van der Waals surface area (Å²) in [4.78, 5) is 40.2. The van der Waals surface area contributed by atoms with Crippen molar-refractivity contribution in [1.29, 1.82) is 0 Å². The zero-order valence-electron chi connectivity index (χ0n) is 22.4. The molecule has 2 fully saturated rings. The fraction of sp³-hybridized carbons (Fsp3) is 0.481. The quantitative estimate of drug-likeness (QED) is 0.335. The fourth-order valence-electron chi connectivity index (χ4n) is 5.78. The van der Waals surface area contributed by atoms with Crippen molar-refractivity contribution in [3.05, 3.63) is 63.2 Å². The number of amides is 1. The van der Waals surface area contributed by atoms with Crippen LogP contribution in [0.2, 0.25) is 5.02 Å². The lowest BCUT2D eigenvalue weighted by atomic mass is 9.93. The Morgan fingerprint density at radius 1 is 1.07 bits per heavy atom. The summed E-state index contributed by atoms with van der Waals surface area (Å²) in [7, 11) is -3.87. The number of anilines is 1. The van der Waals surface area contributed by atoms with E-state index in [4.69, 9.17) is 11.6 Å². The normalized spacial score (nSPS) is 20.2. The molecule has 2 atom stereocenters. The van der Waals surface area contributed by atoms with Gasteiger partial charge in [-0.15, -0.1) is 0 Å². The Bertz CT molecular complexity index is 1390. The van der Waals surface area contributed by atoms with Crippen molar-refractivity contribution in [3.8, 4) is 0 Å². The highest BCUT2D eigenvalue weighted by molar-refractivity contribution is 7.89. The Kier molecular flexibility index (Phi) is 9.01. The highest BCUT2D eigenvalue weighted by Crippen LogP contribution is 2.41. The molecule has 2 heterocycles. The van der Waals surface area contributed by atoms with Gasteiger partial charge in [-0.2, -0.15) is 4.31 Å². The van der Waals surface area contributed by atoms with Crippen molar-refractivity contribution in [2.24, 2.45) is 5.92 Å². The van der Waals surface area contributed by atoms with E-state index in [0.29, 0.717) is 49.4 Å². The Morgan fingerprint density at radius 3 is 2.30 bits per heavy atom. The van der Waals surface area contributed by atoms with E-state index >= 15 is 0 Å². The number of sulfonamides is 1. The molecule has 0 radical (unpaired) electrons. The number of aliphatic carboxylic acids is 1. The molecule has 0 aromatic heterocycles. The van der Waals surface area contributed by atoms with E-state index in [2.05, 4.69) is 0 Å². The maximum absolute atomic E-state index is 13.7. The van der Waals surface area contributed by atoms with Crippen molar-refractivity contribution in [2.45, 2.75) is 56.5 Å². The van der Waals surface area contributed by atoms with Gasteiger partial charge >= 0.3 is 5.97 Å². The van der Waals surface area contributed by atoms with Crippen LogP contribution in [0.1, 0.15) is 51.1 Å². The highest BCUT2D eigenvalue weighted by Gasteiger charge is 2.45. The molecule has 0 saturated carbocycles. The number of benzene rings is 2. The number of nitrogens with zero attached hydrogens (tertiary/aromatic N) is 4. The number of carbonyl (C=O) groups excluding carboxylic acids is 1. The summed E-state index contributed by atoms with van der Waals surface area (Å²) < 4.78 is 27.1. The van der Waals surface area contributed by atoms with Crippen LogP contribution in [0.25, 0.3) is 0 Å². The zero-order valence-corrected chi connectivity index (χ0v) is 24.0. The third-order valence-electron chi connectivity index (χ3n) is 7.86. The third-order valence-corrected chi connectivity index (χ3v) is 10.3. The first-order valence-electron chi connectivity index (χ1n) is 13.3. The topological polar surface area (TPSA) is 141 Å². The first-order valence-corrected chi connectivity index (χ1v) is 15.2. The van der Waals surface area contributed by atoms with Gasteiger partial charge < -0.3 is 14.9 Å². The average Bonchev–Trinajstić information content (AvgIpc) is 3.38. The Morgan fingerprint density at radius 2 is 1.73 bits per heavy atom. The van der Waals surface area contributed by atoms with Gasteiger partial charge in [0, 0.05) is 43.2 Å². The largest absolute Gasteiger partial charge is 0.480 e. The standard InChI is InChI=1S/C27H33ClN4O7S/c1-3-30(4-2)40(38,39)19-9-10-23(25(17-19)32(36)37)29-15-13-18(14-16-29)26(33)31-22(11-12-24(31)27(34)35)20-7-5-6-8-21(20)28/h5-10,17-18,22,24H,3-4,11-16H2,1-2H3,(H,34,35)/t22-,24+/m1/s1. The maximum Gasteiger partial charge on any atom is 0.326 e. The van der Waals surface area contributed by atoms with Gasteiger partial charge in [-0.1, -0.05) is 43.6 Å². The lowest BCUT2D eigenvalue weighted by Gasteiger charge is -2.37. The molecule has 11 nitrogen and oxygen atoms in total. The molecule has 0 spiro atoms. The summed E-state index contributed by atoms with van der Waals surface area (Å²) in [6, 6.07) is 9.64. The number of piperidine rings is 1. The SMILES string of the molecule is CCN(CC)S(=O)(=O)c1ccc(N2CCC(C(=O)N3[C@@H](c4ccccc4Cl)CC[C@H]3C(=O)O)CC2)c([N+](=O)[O-])c1. The number of nitro groups is 1. The smallest absolute Gasteiger partial charge is 0.326 e. The van der Waals surface area contributed by atoms with Crippen LogP contribution < -0.4 is 4.90 Å². The van der Waals surface area contributed by atoms with Gasteiger partial charge in [0.2, 0.25) is 15.9 Å². The molecule has 0 unspecified atom stereocenters. The Hall–Kier alpha value is -3.22. The first-order chi connectivity index (χ1) is 19.0. The number of carboxylic acid groups (broad SMARTS) is 1. The van der Waals surface area contributed by atoms with Gasteiger partial charge in [-0.3, -0.25) is 14.9 Å². The van der Waals surface area contributed by atoms with Crippen molar-refractivity contribution in [2.75, 3.05) is 31.1 Å². The number of halogens is 1. The lowest BCUT2D eigenvalue weighted by molar-refractivity contribution is -0.384. The van der Waals surface area contributed by atoms with Crippen LogP contribution in [0.5, 0.6) is 0 Å². The molecular formula is C27H33ClN4O7S. The second-order valence-electron chi connectivity index (χ2n) is 9.97. The zero-order chi connectivity index (χ0) is 29.2. The average molecular weight is 593 g/mol. The summed E-state index contributed by atoms with van der Waals surface area (Å²) in [5.41, 5.74) is 0.685. The molecule has 2 aromatic rings. The van der Waals surface area contributed by atoms with Crippen LogP contribution in [-0.4, -0.2) is 71.8 Å². The summed E-state index contributed by atoms with van der Waals surface area (Å²) in [6.07, 6.45) is 1.55. The van der Waals surface area contributed by atoms with Crippen molar-refractivity contribution < 1.29 is 28.0 Å². The predicted molar refractivity (Wildman–Crippen MR) is 150 cm³/mol. The molecule has 2 saturated heterocycles. The molecule has 4 rings (SSSR count). The molecule has 2 aliphatic heterocycles. The summed E-state index contributed by atoms with van der Waals surface area (Å²) in [6.45, 7) is 4.53. The molecular weight excluding hydrogens is 560 g/mol. The molecule has 1 amide bonds. The molecule has 13 heteroatoms. The van der Waals surface area contributed by atoms with Gasteiger partial charge in [-0.25, -0.2) is 13.2 Å². The number of rotatable bonds is 9. The summed E-state index contributed by atoms with van der Waals surface area (Å²) in [5, 5.41) is 22.3. The lowest BCUT2D eigenvalue weighted by Crippen LogP contribution is -2.47. The molecule has 2 aliphatic rings. The van der Waals surface area contributed by atoms with E-state index in [1.807, 2.05) is 12.1 Å². The highest BCUT2D eigenvalue weighted by atomic mass is 35.5. The van der Waals surface area contributed by atoms with Gasteiger partial charge in [0.05, 0.1) is 15.9 Å². The molecule has 0 bridgehead atoms.